The molecule has 0 aliphatic carbocycles. The van der Waals surface area contributed by atoms with Crippen molar-refractivity contribution in [2.75, 3.05) is 20.1 Å². The molecule has 1 amide bonds. The summed E-state index contributed by atoms with van der Waals surface area (Å²) in [5, 5.41) is 6.80. The second kappa shape index (κ2) is 8.25. The van der Waals surface area contributed by atoms with Gasteiger partial charge in [-0.25, -0.2) is 4.39 Å². The molecule has 1 aromatic carbocycles. The Kier molecular flexibility index (Phi) is 5.81. The van der Waals surface area contributed by atoms with E-state index in [9.17, 15) is 9.18 Å². The van der Waals surface area contributed by atoms with Crippen LogP contribution in [0, 0.1) is 11.7 Å². The predicted octanol–water partition coefficient (Wildman–Crippen LogP) is 3.22. The minimum absolute atomic E-state index is 0.0249. The average molecular weight is 345 g/mol. The van der Waals surface area contributed by atoms with Gasteiger partial charge in [0, 0.05) is 24.6 Å². The first-order chi connectivity index (χ1) is 12.1. The van der Waals surface area contributed by atoms with Gasteiger partial charge in [-0.05, 0) is 50.9 Å². The number of hydrogen-bond acceptors (Lipinski definition) is 4. The number of likely N-dealkylation sites (tertiary alicyclic amines) is 1. The van der Waals surface area contributed by atoms with E-state index in [0.717, 1.165) is 19.5 Å². The van der Waals surface area contributed by atoms with Crippen molar-refractivity contribution in [3.63, 3.8) is 0 Å². The van der Waals surface area contributed by atoms with Gasteiger partial charge in [-0.1, -0.05) is 17.3 Å². The first-order valence-electron chi connectivity index (χ1n) is 8.77. The van der Waals surface area contributed by atoms with E-state index in [1.807, 2.05) is 0 Å². The number of rotatable bonds is 6. The predicted molar refractivity (Wildman–Crippen MR) is 93.2 cm³/mol. The third-order valence-corrected chi connectivity index (χ3v) is 4.64. The van der Waals surface area contributed by atoms with E-state index in [4.69, 9.17) is 4.52 Å². The number of carbonyl (C=O) groups excluding carboxylic acids is 1. The molecule has 3 rings (SSSR count). The fraction of sp³-hybridized carbons (Fsp3) is 0.474. The molecule has 5 nitrogen and oxygen atoms in total. The van der Waals surface area contributed by atoms with E-state index in [1.54, 1.807) is 18.2 Å². The lowest BCUT2D eigenvalue weighted by Crippen LogP contribution is -2.33. The highest BCUT2D eigenvalue weighted by Gasteiger charge is 2.18. The van der Waals surface area contributed by atoms with Gasteiger partial charge in [0.2, 0.25) is 5.91 Å². The van der Waals surface area contributed by atoms with Gasteiger partial charge in [0.1, 0.15) is 11.5 Å². The lowest BCUT2D eigenvalue weighted by molar-refractivity contribution is -0.121. The number of aromatic nitrogens is 1. The lowest BCUT2D eigenvalue weighted by Gasteiger charge is -2.29. The molecular weight excluding hydrogens is 321 g/mol. The molecule has 25 heavy (non-hydrogen) atoms. The number of hydrogen-bond donors (Lipinski definition) is 1. The van der Waals surface area contributed by atoms with Crippen molar-refractivity contribution in [2.24, 2.45) is 5.92 Å². The van der Waals surface area contributed by atoms with Gasteiger partial charge in [-0.3, -0.25) is 4.79 Å². The highest BCUT2D eigenvalue weighted by Crippen LogP contribution is 2.21. The first-order valence-corrected chi connectivity index (χ1v) is 8.77. The summed E-state index contributed by atoms with van der Waals surface area (Å²) in [6.45, 7) is 2.53. The van der Waals surface area contributed by atoms with Crippen LogP contribution in [0.3, 0.4) is 0 Å². The Morgan fingerprint density at radius 2 is 2.32 bits per heavy atom. The van der Waals surface area contributed by atoms with E-state index in [0.29, 0.717) is 35.9 Å². The van der Waals surface area contributed by atoms with Crippen molar-refractivity contribution in [2.45, 2.75) is 32.2 Å². The van der Waals surface area contributed by atoms with Gasteiger partial charge in [0.05, 0.1) is 6.54 Å². The van der Waals surface area contributed by atoms with Crippen LogP contribution in [-0.4, -0.2) is 36.1 Å². The number of nitrogens with one attached hydrogen (secondary N) is 1. The van der Waals surface area contributed by atoms with Gasteiger partial charge in [-0.15, -0.1) is 0 Å². The lowest BCUT2D eigenvalue weighted by atomic mass is 9.93. The van der Waals surface area contributed by atoms with Crippen LogP contribution in [0.4, 0.5) is 4.39 Å². The molecule has 6 heteroatoms. The molecule has 0 unspecified atom stereocenters. The molecule has 0 radical (unpaired) electrons. The van der Waals surface area contributed by atoms with Crippen LogP contribution in [0.2, 0.25) is 0 Å². The molecule has 0 saturated carbocycles. The van der Waals surface area contributed by atoms with Crippen LogP contribution < -0.4 is 5.32 Å². The van der Waals surface area contributed by atoms with Crippen LogP contribution in [-0.2, 0) is 11.3 Å². The molecule has 1 aliphatic rings. The maximum atomic E-state index is 13.3. The van der Waals surface area contributed by atoms with E-state index >= 15 is 0 Å². The average Bonchev–Trinajstić information content (AvgIpc) is 3.07. The van der Waals surface area contributed by atoms with Crippen molar-refractivity contribution >= 4 is 5.91 Å². The highest BCUT2D eigenvalue weighted by molar-refractivity contribution is 5.75. The maximum Gasteiger partial charge on any atom is 0.220 e. The minimum Gasteiger partial charge on any atom is -0.359 e. The summed E-state index contributed by atoms with van der Waals surface area (Å²) in [6, 6.07) is 7.91. The highest BCUT2D eigenvalue weighted by atomic mass is 19.1. The zero-order valence-electron chi connectivity index (χ0n) is 14.5. The van der Waals surface area contributed by atoms with Gasteiger partial charge in [0.25, 0.3) is 0 Å². The summed E-state index contributed by atoms with van der Waals surface area (Å²) in [4.78, 5) is 14.4. The molecule has 0 spiro atoms. The Bertz CT molecular complexity index is 716. The van der Waals surface area contributed by atoms with Crippen LogP contribution in [0.15, 0.2) is 34.9 Å². The molecule has 1 fully saturated rings. The molecule has 1 aliphatic heterocycles. The number of carbonyl (C=O) groups is 1. The molecule has 1 atom stereocenters. The van der Waals surface area contributed by atoms with E-state index in [2.05, 4.69) is 22.4 Å². The molecule has 134 valence electrons. The van der Waals surface area contributed by atoms with Crippen LogP contribution in [0.25, 0.3) is 11.3 Å². The van der Waals surface area contributed by atoms with Crippen molar-refractivity contribution in [1.82, 2.24) is 15.4 Å². The van der Waals surface area contributed by atoms with Crippen molar-refractivity contribution < 1.29 is 13.7 Å². The van der Waals surface area contributed by atoms with Gasteiger partial charge in [0.15, 0.2) is 5.76 Å². The quantitative estimate of drug-likeness (QED) is 0.873. The van der Waals surface area contributed by atoms with Gasteiger partial charge in [-0.2, -0.15) is 0 Å². The van der Waals surface area contributed by atoms with Crippen LogP contribution >= 0.6 is 0 Å². The van der Waals surface area contributed by atoms with Crippen molar-refractivity contribution in [3.05, 3.63) is 41.9 Å². The number of nitrogens with zero attached hydrogens (tertiary/aromatic N) is 2. The van der Waals surface area contributed by atoms with Crippen LogP contribution in [0.5, 0.6) is 0 Å². The van der Waals surface area contributed by atoms with Crippen molar-refractivity contribution in [3.8, 4) is 11.3 Å². The number of amides is 1. The fourth-order valence-electron chi connectivity index (χ4n) is 3.30. The van der Waals surface area contributed by atoms with Crippen molar-refractivity contribution in [1.29, 1.82) is 0 Å². The second-order valence-electron chi connectivity index (χ2n) is 6.77. The summed E-state index contributed by atoms with van der Waals surface area (Å²) < 4.78 is 18.5. The number of piperidine rings is 1. The standard InChI is InChI=1S/C19H24FN3O2/c1-23-9-3-4-14(13-23)7-8-19(24)21-12-17-11-18(22-25-17)15-5-2-6-16(20)10-15/h2,5-6,10-11,14H,3-4,7-9,12-13H2,1H3,(H,21,24)/t14-/m1/s1. The summed E-state index contributed by atoms with van der Waals surface area (Å²) in [5.41, 5.74) is 1.22. The second-order valence-corrected chi connectivity index (χ2v) is 6.77. The summed E-state index contributed by atoms with van der Waals surface area (Å²) in [6.07, 6.45) is 3.87. The van der Waals surface area contributed by atoms with E-state index in [1.165, 1.54) is 25.0 Å². The van der Waals surface area contributed by atoms with Crippen LogP contribution in [0.1, 0.15) is 31.4 Å². The Morgan fingerprint density at radius 1 is 1.44 bits per heavy atom. The maximum absolute atomic E-state index is 13.3. The molecule has 1 aromatic heterocycles. The molecular formula is C19H24FN3O2. The normalized spacial score (nSPS) is 18.2. The zero-order valence-corrected chi connectivity index (χ0v) is 14.5. The Labute approximate surface area is 147 Å². The monoisotopic (exact) mass is 345 g/mol. The molecule has 2 heterocycles. The SMILES string of the molecule is CN1CCC[C@H](CCC(=O)NCc2cc(-c3cccc(F)c3)no2)C1. The Balaban J connectivity index is 1.45. The molecule has 1 N–H and O–H groups in total. The zero-order chi connectivity index (χ0) is 17.6. The van der Waals surface area contributed by atoms with E-state index < -0.39 is 0 Å². The topological polar surface area (TPSA) is 58.4 Å². The summed E-state index contributed by atoms with van der Waals surface area (Å²) in [5.74, 6) is 0.875. The largest absolute Gasteiger partial charge is 0.359 e. The minimum atomic E-state index is -0.316. The number of halogens is 1. The molecule has 1 saturated heterocycles. The van der Waals surface area contributed by atoms with Gasteiger partial charge < -0.3 is 14.7 Å². The first kappa shape index (κ1) is 17.6. The fourth-order valence-corrected chi connectivity index (χ4v) is 3.30. The Morgan fingerprint density at radius 3 is 3.12 bits per heavy atom. The van der Waals surface area contributed by atoms with Gasteiger partial charge >= 0.3 is 0 Å². The molecule has 2 aromatic rings. The summed E-state index contributed by atoms with van der Waals surface area (Å²) in [7, 11) is 2.13. The van der Waals surface area contributed by atoms with E-state index in [-0.39, 0.29) is 11.7 Å². The third kappa shape index (κ3) is 5.13. The number of benzene rings is 1. The summed E-state index contributed by atoms with van der Waals surface area (Å²) >= 11 is 0. The third-order valence-electron chi connectivity index (χ3n) is 4.64. The smallest absolute Gasteiger partial charge is 0.220 e. The molecule has 0 bridgehead atoms. The Hall–Kier alpha value is -2.21.